The van der Waals surface area contributed by atoms with Gasteiger partial charge in [0.25, 0.3) is 5.91 Å². The number of primary amides is 1. The molecule has 0 saturated heterocycles. The molecule has 3 N–H and O–H groups in total. The molecule has 25 heavy (non-hydrogen) atoms. The zero-order valence-corrected chi connectivity index (χ0v) is 14.0. The normalized spacial score (nSPS) is 10.4. The van der Waals surface area contributed by atoms with Gasteiger partial charge in [-0.15, -0.1) is 11.3 Å². The van der Waals surface area contributed by atoms with E-state index in [9.17, 15) is 14.0 Å². The van der Waals surface area contributed by atoms with Crippen molar-refractivity contribution in [1.29, 1.82) is 0 Å². The average Bonchev–Trinajstić information content (AvgIpc) is 3.02. The van der Waals surface area contributed by atoms with Crippen LogP contribution in [0, 0.1) is 5.82 Å². The summed E-state index contributed by atoms with van der Waals surface area (Å²) in [5, 5.41) is 3.04. The molecule has 0 aliphatic carbocycles. The third-order valence-electron chi connectivity index (χ3n) is 3.62. The second kappa shape index (κ2) is 7.27. The van der Waals surface area contributed by atoms with E-state index < -0.39 is 17.6 Å². The van der Waals surface area contributed by atoms with Crippen LogP contribution in [0.15, 0.2) is 60.7 Å². The summed E-state index contributed by atoms with van der Waals surface area (Å²) in [5.41, 5.74) is 6.87. The Labute approximate surface area is 148 Å². The summed E-state index contributed by atoms with van der Waals surface area (Å²) >= 11 is 1.26. The third-order valence-corrected chi connectivity index (χ3v) is 4.72. The van der Waals surface area contributed by atoms with E-state index in [0.29, 0.717) is 10.6 Å². The summed E-state index contributed by atoms with van der Waals surface area (Å²) in [6.07, 6.45) is -0.122. The molecule has 2 aromatic carbocycles. The van der Waals surface area contributed by atoms with Crippen molar-refractivity contribution < 1.29 is 14.0 Å². The summed E-state index contributed by atoms with van der Waals surface area (Å²) in [6, 6.07) is 17.2. The molecule has 4 nitrogen and oxygen atoms in total. The molecule has 3 aromatic rings. The molecule has 6 heteroatoms. The van der Waals surface area contributed by atoms with Gasteiger partial charge < -0.3 is 11.1 Å². The lowest BCUT2D eigenvalue weighted by Crippen LogP contribution is -2.18. The number of benzene rings is 2. The van der Waals surface area contributed by atoms with E-state index in [-0.39, 0.29) is 12.0 Å². The van der Waals surface area contributed by atoms with Gasteiger partial charge >= 0.3 is 0 Å². The highest BCUT2D eigenvalue weighted by atomic mass is 32.1. The average molecular weight is 354 g/mol. The number of rotatable bonds is 5. The van der Waals surface area contributed by atoms with Crippen LogP contribution in [0.25, 0.3) is 10.4 Å². The molecule has 0 atom stereocenters. The minimum absolute atomic E-state index is 0.122. The number of nitrogens with one attached hydrogen (secondary N) is 1. The number of thiophene rings is 1. The van der Waals surface area contributed by atoms with Crippen LogP contribution in [0.4, 0.5) is 9.39 Å². The summed E-state index contributed by atoms with van der Waals surface area (Å²) in [5.74, 6) is -1.47. The van der Waals surface area contributed by atoms with Gasteiger partial charge in [-0.1, -0.05) is 48.5 Å². The van der Waals surface area contributed by atoms with E-state index in [1.54, 1.807) is 24.3 Å². The Morgan fingerprint density at radius 1 is 1.04 bits per heavy atom. The van der Waals surface area contributed by atoms with Crippen LogP contribution in [-0.2, 0) is 11.2 Å². The fourth-order valence-electron chi connectivity index (χ4n) is 2.40. The number of halogens is 1. The number of amides is 2. The van der Waals surface area contributed by atoms with Crippen LogP contribution < -0.4 is 11.1 Å². The Balaban J connectivity index is 1.84. The first-order valence-corrected chi connectivity index (χ1v) is 8.38. The van der Waals surface area contributed by atoms with Gasteiger partial charge in [0.05, 0.1) is 12.0 Å². The topological polar surface area (TPSA) is 72.2 Å². The minimum atomic E-state index is -0.625. The van der Waals surface area contributed by atoms with Crippen molar-refractivity contribution in [2.24, 2.45) is 5.73 Å². The SMILES string of the molecule is NC(=O)c1cc(-c2ccccc2)sc1NC(=O)Cc1ccccc1F. The minimum Gasteiger partial charge on any atom is -0.366 e. The molecule has 3 rings (SSSR count). The van der Waals surface area contributed by atoms with E-state index in [2.05, 4.69) is 5.32 Å². The molecule has 0 saturated carbocycles. The van der Waals surface area contributed by atoms with Crippen molar-refractivity contribution in [3.8, 4) is 10.4 Å². The second-order valence-electron chi connectivity index (χ2n) is 5.40. The first kappa shape index (κ1) is 16.9. The van der Waals surface area contributed by atoms with Crippen LogP contribution in [0.1, 0.15) is 15.9 Å². The predicted octanol–water partition coefficient (Wildman–Crippen LogP) is 3.83. The number of carbonyl (C=O) groups excluding carboxylic acids is 2. The quantitative estimate of drug-likeness (QED) is 0.731. The molecular weight excluding hydrogens is 339 g/mol. The lowest BCUT2D eigenvalue weighted by molar-refractivity contribution is -0.115. The largest absolute Gasteiger partial charge is 0.366 e. The summed E-state index contributed by atoms with van der Waals surface area (Å²) in [4.78, 5) is 24.7. The van der Waals surface area contributed by atoms with E-state index in [4.69, 9.17) is 5.73 Å². The lowest BCUT2D eigenvalue weighted by atomic mass is 10.1. The third kappa shape index (κ3) is 3.92. The predicted molar refractivity (Wildman–Crippen MR) is 97.0 cm³/mol. The molecule has 0 radical (unpaired) electrons. The van der Waals surface area contributed by atoms with Crippen molar-refractivity contribution in [1.82, 2.24) is 0 Å². The maximum Gasteiger partial charge on any atom is 0.251 e. The van der Waals surface area contributed by atoms with Gasteiger partial charge in [-0.05, 0) is 23.3 Å². The Morgan fingerprint density at radius 2 is 1.72 bits per heavy atom. The van der Waals surface area contributed by atoms with Gasteiger partial charge in [0.1, 0.15) is 10.8 Å². The maximum absolute atomic E-state index is 13.7. The first-order valence-electron chi connectivity index (χ1n) is 7.57. The van der Waals surface area contributed by atoms with Gasteiger partial charge in [0.2, 0.25) is 5.91 Å². The monoisotopic (exact) mass is 354 g/mol. The second-order valence-corrected chi connectivity index (χ2v) is 6.45. The highest BCUT2D eigenvalue weighted by Gasteiger charge is 2.17. The molecule has 126 valence electrons. The van der Waals surface area contributed by atoms with Crippen LogP contribution in [0.3, 0.4) is 0 Å². The highest BCUT2D eigenvalue weighted by Crippen LogP contribution is 2.35. The zero-order chi connectivity index (χ0) is 17.8. The van der Waals surface area contributed by atoms with Crippen LogP contribution in [0.5, 0.6) is 0 Å². The van der Waals surface area contributed by atoms with Gasteiger partial charge in [0.15, 0.2) is 0 Å². The van der Waals surface area contributed by atoms with Crippen molar-refractivity contribution >= 4 is 28.2 Å². The van der Waals surface area contributed by atoms with E-state index >= 15 is 0 Å². The van der Waals surface area contributed by atoms with Crippen LogP contribution >= 0.6 is 11.3 Å². The van der Waals surface area contributed by atoms with Crippen molar-refractivity contribution in [3.63, 3.8) is 0 Å². The molecule has 1 heterocycles. The fraction of sp³-hybridized carbons (Fsp3) is 0.0526. The number of nitrogens with two attached hydrogens (primary N) is 1. The van der Waals surface area contributed by atoms with Gasteiger partial charge in [0, 0.05) is 4.88 Å². The number of hydrogen-bond donors (Lipinski definition) is 2. The zero-order valence-electron chi connectivity index (χ0n) is 13.2. The van der Waals surface area contributed by atoms with Crippen molar-refractivity contribution in [2.45, 2.75) is 6.42 Å². The Bertz CT molecular complexity index is 922. The molecule has 0 fully saturated rings. The molecule has 0 aliphatic heterocycles. The molecule has 0 spiro atoms. The smallest absolute Gasteiger partial charge is 0.251 e. The fourth-order valence-corrected chi connectivity index (χ4v) is 3.48. The summed E-state index contributed by atoms with van der Waals surface area (Å²) < 4.78 is 13.7. The first-order chi connectivity index (χ1) is 12.0. The number of hydrogen-bond acceptors (Lipinski definition) is 3. The van der Waals surface area contributed by atoms with Crippen molar-refractivity contribution in [3.05, 3.63) is 77.6 Å². The van der Waals surface area contributed by atoms with E-state index in [1.165, 1.54) is 17.4 Å². The van der Waals surface area contributed by atoms with E-state index in [0.717, 1.165) is 10.4 Å². The van der Waals surface area contributed by atoms with Crippen LogP contribution in [-0.4, -0.2) is 11.8 Å². The van der Waals surface area contributed by atoms with Gasteiger partial charge in [-0.2, -0.15) is 0 Å². The summed E-state index contributed by atoms with van der Waals surface area (Å²) in [6.45, 7) is 0. The molecule has 0 unspecified atom stereocenters. The Hall–Kier alpha value is -2.99. The molecule has 0 bridgehead atoms. The van der Waals surface area contributed by atoms with Gasteiger partial charge in [-0.3, -0.25) is 9.59 Å². The number of anilines is 1. The molecule has 0 aliphatic rings. The molecule has 2 amide bonds. The Kier molecular flexibility index (Phi) is 4.90. The van der Waals surface area contributed by atoms with Gasteiger partial charge in [-0.25, -0.2) is 4.39 Å². The molecular formula is C19H15FN2O2S. The standard InChI is InChI=1S/C19H15FN2O2S/c20-15-9-5-4-8-13(15)10-17(23)22-19-14(18(21)24)11-16(25-19)12-6-2-1-3-7-12/h1-9,11H,10H2,(H2,21,24)(H,22,23). The van der Waals surface area contributed by atoms with Crippen LogP contribution in [0.2, 0.25) is 0 Å². The lowest BCUT2D eigenvalue weighted by Gasteiger charge is -2.05. The Morgan fingerprint density at radius 3 is 2.40 bits per heavy atom. The number of carbonyl (C=O) groups is 2. The van der Waals surface area contributed by atoms with E-state index in [1.807, 2.05) is 30.3 Å². The molecule has 1 aromatic heterocycles. The maximum atomic E-state index is 13.7. The van der Waals surface area contributed by atoms with Crippen molar-refractivity contribution in [2.75, 3.05) is 5.32 Å². The summed E-state index contributed by atoms with van der Waals surface area (Å²) in [7, 11) is 0. The highest BCUT2D eigenvalue weighted by molar-refractivity contribution is 7.20.